The summed E-state index contributed by atoms with van der Waals surface area (Å²) in [6.07, 6.45) is 1.61. The van der Waals surface area contributed by atoms with Gasteiger partial charge in [0.15, 0.2) is 0 Å². The lowest BCUT2D eigenvalue weighted by atomic mass is 10.1. The van der Waals surface area contributed by atoms with Gasteiger partial charge < -0.3 is 9.64 Å². The van der Waals surface area contributed by atoms with E-state index in [9.17, 15) is 4.79 Å². The van der Waals surface area contributed by atoms with Crippen LogP contribution in [0.2, 0.25) is 0 Å². The van der Waals surface area contributed by atoms with E-state index in [0.717, 1.165) is 16.9 Å². The summed E-state index contributed by atoms with van der Waals surface area (Å²) in [5.74, 6) is 0.734. The van der Waals surface area contributed by atoms with Gasteiger partial charge >= 0.3 is 0 Å². The van der Waals surface area contributed by atoms with Crippen molar-refractivity contribution in [3.05, 3.63) is 57.8 Å². The van der Waals surface area contributed by atoms with E-state index in [4.69, 9.17) is 4.74 Å². The molecular formula is C16H17BrN2O2. The number of methoxy groups -OCH3 is 1. The van der Waals surface area contributed by atoms with Gasteiger partial charge in [0.05, 0.1) is 7.11 Å². The highest BCUT2D eigenvalue weighted by Crippen LogP contribution is 2.21. The van der Waals surface area contributed by atoms with Crippen LogP contribution >= 0.6 is 15.9 Å². The van der Waals surface area contributed by atoms with E-state index in [0.29, 0.717) is 16.7 Å². The molecule has 0 atom stereocenters. The topological polar surface area (TPSA) is 42.4 Å². The molecule has 0 unspecified atom stereocenters. The van der Waals surface area contributed by atoms with Crippen LogP contribution in [0.3, 0.4) is 0 Å². The number of hydrogen-bond acceptors (Lipinski definition) is 3. The van der Waals surface area contributed by atoms with Crippen molar-refractivity contribution in [3.63, 3.8) is 0 Å². The molecule has 4 nitrogen and oxygen atoms in total. The molecule has 1 amide bonds. The molecule has 0 saturated heterocycles. The van der Waals surface area contributed by atoms with Crippen molar-refractivity contribution >= 4 is 21.8 Å². The van der Waals surface area contributed by atoms with E-state index in [2.05, 4.69) is 20.9 Å². The Labute approximate surface area is 132 Å². The first-order chi connectivity index (χ1) is 10.0. The predicted octanol–water partition coefficient (Wildman–Crippen LogP) is 3.43. The lowest BCUT2D eigenvalue weighted by molar-refractivity contribution is 0.0784. The summed E-state index contributed by atoms with van der Waals surface area (Å²) in [4.78, 5) is 18.1. The molecule has 5 heteroatoms. The number of ether oxygens (including phenoxy) is 1. The number of carbonyl (C=O) groups is 1. The van der Waals surface area contributed by atoms with Gasteiger partial charge in [-0.1, -0.05) is 17.7 Å². The first-order valence-electron chi connectivity index (χ1n) is 6.52. The first kappa shape index (κ1) is 15.5. The zero-order valence-electron chi connectivity index (χ0n) is 12.3. The molecule has 0 aliphatic carbocycles. The van der Waals surface area contributed by atoms with Crippen molar-refractivity contribution in [2.24, 2.45) is 0 Å². The highest BCUT2D eigenvalue weighted by molar-refractivity contribution is 9.10. The largest absolute Gasteiger partial charge is 0.496 e. The van der Waals surface area contributed by atoms with Crippen LogP contribution in [0, 0.1) is 6.92 Å². The van der Waals surface area contributed by atoms with E-state index >= 15 is 0 Å². The van der Waals surface area contributed by atoms with Crippen LogP contribution < -0.4 is 4.74 Å². The molecule has 110 valence electrons. The Balaban J connectivity index is 2.19. The molecule has 0 spiro atoms. The zero-order chi connectivity index (χ0) is 15.4. The maximum absolute atomic E-state index is 12.4. The molecule has 0 radical (unpaired) electrons. The minimum absolute atomic E-state index is 0.0540. The number of nitrogens with zero attached hydrogens (tertiary/aromatic N) is 2. The average Bonchev–Trinajstić information content (AvgIpc) is 2.46. The number of hydrogen-bond donors (Lipinski definition) is 0. The molecule has 0 N–H and O–H groups in total. The monoisotopic (exact) mass is 348 g/mol. The van der Waals surface area contributed by atoms with Crippen molar-refractivity contribution in [2.75, 3.05) is 14.2 Å². The summed E-state index contributed by atoms with van der Waals surface area (Å²) in [6.45, 7) is 2.51. The number of benzene rings is 1. The molecule has 1 heterocycles. The van der Waals surface area contributed by atoms with Crippen LogP contribution in [-0.4, -0.2) is 29.9 Å². The number of halogens is 1. The maximum atomic E-state index is 12.4. The van der Waals surface area contributed by atoms with Crippen molar-refractivity contribution in [1.29, 1.82) is 0 Å². The van der Waals surface area contributed by atoms with Gasteiger partial charge in [0.1, 0.15) is 10.4 Å². The highest BCUT2D eigenvalue weighted by atomic mass is 79.9. The van der Waals surface area contributed by atoms with Gasteiger partial charge in [0.25, 0.3) is 5.91 Å². The Morgan fingerprint density at radius 1 is 1.33 bits per heavy atom. The highest BCUT2D eigenvalue weighted by Gasteiger charge is 2.14. The quantitative estimate of drug-likeness (QED) is 0.795. The van der Waals surface area contributed by atoms with E-state index in [1.54, 1.807) is 37.4 Å². The lowest BCUT2D eigenvalue weighted by Gasteiger charge is -2.19. The molecule has 0 bridgehead atoms. The number of rotatable bonds is 4. The van der Waals surface area contributed by atoms with Crippen molar-refractivity contribution in [2.45, 2.75) is 13.5 Å². The first-order valence-corrected chi connectivity index (χ1v) is 7.31. The van der Waals surface area contributed by atoms with Gasteiger partial charge in [-0.25, -0.2) is 4.98 Å². The Morgan fingerprint density at radius 2 is 2.10 bits per heavy atom. The Kier molecular flexibility index (Phi) is 4.96. The van der Waals surface area contributed by atoms with Gasteiger partial charge in [-0.3, -0.25) is 4.79 Å². The number of pyridine rings is 1. The minimum Gasteiger partial charge on any atom is -0.496 e. The van der Waals surface area contributed by atoms with Gasteiger partial charge in [0, 0.05) is 30.9 Å². The fourth-order valence-corrected chi connectivity index (χ4v) is 2.48. The Bertz CT molecular complexity index is 658. The van der Waals surface area contributed by atoms with Gasteiger partial charge in [0.2, 0.25) is 0 Å². The fourth-order valence-electron chi connectivity index (χ4n) is 2.11. The normalized spacial score (nSPS) is 10.3. The summed E-state index contributed by atoms with van der Waals surface area (Å²) in [6, 6.07) is 9.37. The summed E-state index contributed by atoms with van der Waals surface area (Å²) in [5.41, 5.74) is 2.73. The van der Waals surface area contributed by atoms with Gasteiger partial charge in [-0.15, -0.1) is 0 Å². The third kappa shape index (κ3) is 3.82. The molecule has 1 aromatic heterocycles. The second-order valence-corrected chi connectivity index (χ2v) is 5.66. The zero-order valence-corrected chi connectivity index (χ0v) is 13.8. The fraction of sp³-hybridized carbons (Fsp3) is 0.250. The van der Waals surface area contributed by atoms with Crippen molar-refractivity contribution in [3.8, 4) is 5.75 Å². The summed E-state index contributed by atoms with van der Waals surface area (Å²) in [5, 5.41) is 0. The molecule has 0 aliphatic rings. The van der Waals surface area contributed by atoms with E-state index in [1.165, 1.54) is 0 Å². The van der Waals surface area contributed by atoms with Gasteiger partial charge in [-0.2, -0.15) is 0 Å². The van der Waals surface area contributed by atoms with Crippen LogP contribution in [-0.2, 0) is 6.54 Å². The number of carbonyl (C=O) groups excluding carboxylic acids is 1. The molecule has 2 aromatic rings. The maximum Gasteiger partial charge on any atom is 0.254 e. The molecule has 0 saturated carbocycles. The SMILES string of the molecule is COc1ccc(C)cc1CN(C)C(=O)c1ccnc(Br)c1. The Hall–Kier alpha value is -1.88. The predicted molar refractivity (Wildman–Crippen MR) is 85.5 cm³/mol. The van der Waals surface area contributed by atoms with E-state index in [-0.39, 0.29) is 5.91 Å². The number of amides is 1. The van der Waals surface area contributed by atoms with Crippen molar-refractivity contribution < 1.29 is 9.53 Å². The molecule has 1 aromatic carbocycles. The second-order valence-electron chi connectivity index (χ2n) is 4.84. The average molecular weight is 349 g/mol. The number of aromatic nitrogens is 1. The van der Waals surface area contributed by atoms with Crippen LogP contribution in [0.1, 0.15) is 21.5 Å². The smallest absolute Gasteiger partial charge is 0.254 e. The standard InChI is InChI=1S/C16H17BrN2O2/c1-11-4-5-14(21-3)13(8-11)10-19(2)16(20)12-6-7-18-15(17)9-12/h4-9H,10H2,1-3H3. The van der Waals surface area contributed by atoms with E-state index < -0.39 is 0 Å². The molecular weight excluding hydrogens is 332 g/mol. The van der Waals surface area contributed by atoms with E-state index in [1.807, 2.05) is 25.1 Å². The lowest BCUT2D eigenvalue weighted by Crippen LogP contribution is -2.26. The summed E-state index contributed by atoms with van der Waals surface area (Å²) in [7, 11) is 3.41. The second kappa shape index (κ2) is 6.72. The molecule has 2 rings (SSSR count). The molecule has 0 fully saturated rings. The van der Waals surface area contributed by atoms with Crippen LogP contribution in [0.4, 0.5) is 0 Å². The third-order valence-electron chi connectivity index (χ3n) is 3.16. The summed E-state index contributed by atoms with van der Waals surface area (Å²) < 4.78 is 6.00. The van der Waals surface area contributed by atoms with Crippen LogP contribution in [0.25, 0.3) is 0 Å². The molecule has 21 heavy (non-hydrogen) atoms. The minimum atomic E-state index is -0.0540. The summed E-state index contributed by atoms with van der Waals surface area (Å²) >= 11 is 3.28. The Morgan fingerprint density at radius 3 is 2.76 bits per heavy atom. The van der Waals surface area contributed by atoms with Gasteiger partial charge in [-0.05, 0) is 41.1 Å². The third-order valence-corrected chi connectivity index (χ3v) is 3.60. The molecule has 0 aliphatic heterocycles. The van der Waals surface area contributed by atoms with Crippen LogP contribution in [0.5, 0.6) is 5.75 Å². The van der Waals surface area contributed by atoms with Crippen molar-refractivity contribution in [1.82, 2.24) is 9.88 Å². The number of aryl methyl sites for hydroxylation is 1. The van der Waals surface area contributed by atoms with Crippen LogP contribution in [0.15, 0.2) is 41.1 Å².